The molecule has 0 heterocycles. The Morgan fingerprint density at radius 2 is 2.05 bits per heavy atom. The summed E-state index contributed by atoms with van der Waals surface area (Å²) in [4.78, 5) is 11.5. The first-order valence-electron chi connectivity index (χ1n) is 7.83. The van der Waals surface area contributed by atoms with Gasteiger partial charge < -0.3 is 0 Å². The Kier molecular flexibility index (Phi) is 2.43. The van der Waals surface area contributed by atoms with E-state index < -0.39 is 0 Å². The quantitative estimate of drug-likeness (QED) is 0.628. The molecule has 2 saturated carbocycles. The van der Waals surface area contributed by atoms with Gasteiger partial charge in [0, 0.05) is 0 Å². The summed E-state index contributed by atoms with van der Waals surface area (Å²) in [6, 6.07) is 0. The van der Waals surface area contributed by atoms with Gasteiger partial charge in [-0.15, -0.1) is 0 Å². The summed E-state index contributed by atoms with van der Waals surface area (Å²) in [5.41, 5.74) is 5.06. The third-order valence-electron chi connectivity index (χ3n) is 6.20. The molecule has 1 nitrogen and oxygen atoms in total. The molecule has 4 aliphatic rings. The number of carbonyl (C=O) groups is 1. The summed E-state index contributed by atoms with van der Waals surface area (Å²) >= 11 is 0. The van der Waals surface area contributed by atoms with Gasteiger partial charge in [-0.25, -0.2) is 0 Å². The van der Waals surface area contributed by atoms with Gasteiger partial charge in [0.2, 0.25) is 0 Å². The van der Waals surface area contributed by atoms with E-state index in [4.69, 9.17) is 0 Å². The van der Waals surface area contributed by atoms with Crippen molar-refractivity contribution in [3.63, 3.8) is 0 Å². The Morgan fingerprint density at radius 3 is 2.95 bits per heavy atom. The van der Waals surface area contributed by atoms with Gasteiger partial charge >= 0.3 is 0 Å². The zero-order valence-corrected chi connectivity index (χ0v) is 11.7. The van der Waals surface area contributed by atoms with E-state index in [1.165, 1.54) is 49.7 Å². The van der Waals surface area contributed by atoms with Crippen molar-refractivity contribution in [1.82, 2.24) is 0 Å². The van der Waals surface area contributed by atoms with E-state index in [2.05, 4.69) is 13.0 Å². The van der Waals surface area contributed by atoms with E-state index in [0.29, 0.717) is 5.41 Å². The van der Waals surface area contributed by atoms with Crippen LogP contribution in [0, 0.1) is 17.3 Å². The van der Waals surface area contributed by atoms with Gasteiger partial charge in [-0.1, -0.05) is 25.0 Å². The van der Waals surface area contributed by atoms with Gasteiger partial charge in [-0.2, -0.15) is 0 Å². The first kappa shape index (κ1) is 11.7. The molecule has 0 amide bonds. The fourth-order valence-corrected chi connectivity index (χ4v) is 5.22. The molecule has 0 aromatic heterocycles. The number of allylic oxidation sites excluding steroid dienone is 6. The van der Waals surface area contributed by atoms with Crippen LogP contribution in [0.5, 0.6) is 0 Å². The predicted molar refractivity (Wildman–Crippen MR) is 76.7 cm³/mol. The lowest BCUT2D eigenvalue weighted by Crippen LogP contribution is -2.36. The van der Waals surface area contributed by atoms with Gasteiger partial charge in [-0.05, 0) is 79.1 Å². The number of hydrogen-bond acceptors (Lipinski definition) is 1. The van der Waals surface area contributed by atoms with Crippen LogP contribution in [-0.4, -0.2) is 5.78 Å². The average molecular weight is 254 g/mol. The van der Waals surface area contributed by atoms with Crippen molar-refractivity contribution in [2.24, 2.45) is 17.3 Å². The van der Waals surface area contributed by atoms with Gasteiger partial charge in [0.15, 0.2) is 5.78 Å². The lowest BCUT2D eigenvalue weighted by atomic mass is 9.58. The third kappa shape index (κ3) is 1.63. The monoisotopic (exact) mass is 254 g/mol. The minimum Gasteiger partial charge on any atom is -0.290 e. The molecule has 3 atom stereocenters. The molecule has 0 N–H and O–H groups in total. The number of rotatable bonds is 0. The molecule has 0 radical (unpaired) electrons. The first-order chi connectivity index (χ1) is 9.17. The van der Waals surface area contributed by atoms with Crippen molar-refractivity contribution in [3.05, 3.63) is 34.9 Å². The molecule has 4 aliphatic carbocycles. The van der Waals surface area contributed by atoms with Crippen LogP contribution >= 0.6 is 0 Å². The summed E-state index contributed by atoms with van der Waals surface area (Å²) in [5, 5.41) is 0. The van der Waals surface area contributed by atoms with E-state index >= 15 is 0 Å². The summed E-state index contributed by atoms with van der Waals surface area (Å²) in [7, 11) is 0. The minimum atomic E-state index is 0.180. The van der Waals surface area contributed by atoms with E-state index in [1.54, 1.807) is 11.6 Å². The number of hydrogen-bond donors (Lipinski definition) is 0. The van der Waals surface area contributed by atoms with Gasteiger partial charge in [-0.3, -0.25) is 4.79 Å². The topological polar surface area (TPSA) is 17.1 Å². The molecule has 1 heteroatoms. The van der Waals surface area contributed by atoms with Gasteiger partial charge in [0.1, 0.15) is 0 Å². The standard InChI is InChI=1S/C18H22O/c1-18-9-2-3-17(18)16-6-4-12-11-13(19)5-7-14(12)15(16)8-10-18/h5,7,11,16-17H,2-4,6,8-10H2,1H3/t16-,17+,18+/m1/s1. The van der Waals surface area contributed by atoms with Gasteiger partial charge in [0.25, 0.3) is 0 Å². The maximum absolute atomic E-state index is 11.5. The number of fused-ring (bicyclic) bond motifs is 4. The van der Waals surface area contributed by atoms with Crippen molar-refractivity contribution in [1.29, 1.82) is 0 Å². The third-order valence-corrected chi connectivity index (χ3v) is 6.20. The van der Waals surface area contributed by atoms with Crippen LogP contribution in [0.1, 0.15) is 51.9 Å². The molecule has 2 fully saturated rings. The van der Waals surface area contributed by atoms with Crippen molar-refractivity contribution >= 4 is 5.78 Å². The van der Waals surface area contributed by atoms with Crippen LogP contribution < -0.4 is 0 Å². The second-order valence-corrected chi connectivity index (χ2v) is 7.14. The van der Waals surface area contributed by atoms with Crippen molar-refractivity contribution < 1.29 is 4.79 Å². The highest BCUT2D eigenvalue weighted by molar-refractivity contribution is 6.02. The molecular weight excluding hydrogens is 232 g/mol. The molecule has 4 rings (SSSR count). The lowest BCUT2D eigenvalue weighted by molar-refractivity contribution is -0.110. The Morgan fingerprint density at radius 1 is 1.16 bits per heavy atom. The van der Waals surface area contributed by atoms with E-state index in [0.717, 1.165) is 18.3 Å². The van der Waals surface area contributed by atoms with Crippen LogP contribution in [0.3, 0.4) is 0 Å². The highest BCUT2D eigenvalue weighted by atomic mass is 16.1. The Labute approximate surface area is 115 Å². The Hall–Kier alpha value is -1.11. The molecule has 0 bridgehead atoms. The molecule has 0 aromatic carbocycles. The highest BCUT2D eigenvalue weighted by Gasteiger charge is 2.48. The fourth-order valence-electron chi connectivity index (χ4n) is 5.22. The van der Waals surface area contributed by atoms with Crippen molar-refractivity contribution in [2.45, 2.75) is 51.9 Å². The summed E-state index contributed by atoms with van der Waals surface area (Å²) < 4.78 is 0. The average Bonchev–Trinajstić information content (AvgIpc) is 2.79. The smallest absolute Gasteiger partial charge is 0.178 e. The minimum absolute atomic E-state index is 0.180. The van der Waals surface area contributed by atoms with E-state index in [9.17, 15) is 4.79 Å². The predicted octanol–water partition coefficient (Wildman–Crippen LogP) is 4.36. The van der Waals surface area contributed by atoms with Crippen LogP contribution in [0.2, 0.25) is 0 Å². The molecule has 0 aromatic rings. The molecule has 100 valence electrons. The lowest BCUT2D eigenvalue weighted by Gasteiger charge is -2.46. The molecule has 19 heavy (non-hydrogen) atoms. The number of ketones is 1. The first-order valence-corrected chi connectivity index (χ1v) is 7.83. The second kappa shape index (κ2) is 3.94. The molecular formula is C18H22O. The highest BCUT2D eigenvalue weighted by Crippen LogP contribution is 2.59. The summed E-state index contributed by atoms with van der Waals surface area (Å²) in [5.74, 6) is 1.90. The normalized spacial score (nSPS) is 40.7. The zero-order chi connectivity index (χ0) is 13.0. The number of carbonyl (C=O) groups excluding carboxylic acids is 1. The molecule has 0 spiro atoms. The van der Waals surface area contributed by atoms with Crippen LogP contribution in [0.25, 0.3) is 0 Å². The Bertz CT molecular complexity index is 534. The SMILES string of the molecule is C[C@@]12CCC[C@H]1[C@@H]1CCC3=CC(=O)C=CC3=C1CC2. The van der Waals surface area contributed by atoms with Crippen molar-refractivity contribution in [3.8, 4) is 0 Å². The molecule has 0 unspecified atom stereocenters. The van der Waals surface area contributed by atoms with Crippen molar-refractivity contribution in [2.75, 3.05) is 0 Å². The van der Waals surface area contributed by atoms with E-state index in [1.807, 2.05) is 6.08 Å². The van der Waals surface area contributed by atoms with E-state index in [-0.39, 0.29) is 5.78 Å². The van der Waals surface area contributed by atoms with Crippen LogP contribution in [0.4, 0.5) is 0 Å². The Balaban J connectivity index is 1.77. The molecule has 0 aliphatic heterocycles. The molecule has 0 saturated heterocycles. The maximum atomic E-state index is 11.5. The largest absolute Gasteiger partial charge is 0.290 e. The zero-order valence-electron chi connectivity index (χ0n) is 11.7. The van der Waals surface area contributed by atoms with Crippen LogP contribution in [0.15, 0.2) is 34.9 Å². The maximum Gasteiger partial charge on any atom is 0.178 e. The van der Waals surface area contributed by atoms with Crippen LogP contribution in [-0.2, 0) is 4.79 Å². The fraction of sp³-hybridized carbons (Fsp3) is 0.611. The summed E-state index contributed by atoms with van der Waals surface area (Å²) in [6.07, 6.45) is 15.1. The summed E-state index contributed by atoms with van der Waals surface area (Å²) in [6.45, 7) is 2.53. The van der Waals surface area contributed by atoms with Gasteiger partial charge in [0.05, 0.1) is 0 Å². The second-order valence-electron chi connectivity index (χ2n) is 7.14.